The number of piperidine rings is 1. The molecule has 25 heavy (non-hydrogen) atoms. The second kappa shape index (κ2) is 6.92. The highest BCUT2D eigenvalue weighted by atomic mass is 35.5. The van der Waals surface area contributed by atoms with Crippen LogP contribution in [-0.4, -0.2) is 40.1 Å². The van der Waals surface area contributed by atoms with E-state index in [1.807, 2.05) is 11.0 Å². The molecule has 0 radical (unpaired) electrons. The summed E-state index contributed by atoms with van der Waals surface area (Å²) in [6.45, 7) is 5.48. The molecule has 0 spiro atoms. The zero-order chi connectivity index (χ0) is 16.8. The van der Waals surface area contributed by atoms with Gasteiger partial charge in [-0.2, -0.15) is 0 Å². The van der Waals surface area contributed by atoms with Crippen molar-refractivity contribution in [1.29, 1.82) is 0 Å². The third-order valence-corrected chi connectivity index (χ3v) is 5.01. The van der Waals surface area contributed by atoms with Crippen LogP contribution in [0.5, 0.6) is 0 Å². The molecule has 1 saturated carbocycles. The van der Waals surface area contributed by atoms with Crippen LogP contribution in [0.3, 0.4) is 0 Å². The summed E-state index contributed by atoms with van der Waals surface area (Å²) in [5.41, 5.74) is 9.00. The number of amides is 1. The summed E-state index contributed by atoms with van der Waals surface area (Å²) in [7, 11) is 0. The molecule has 4 rings (SSSR count). The maximum absolute atomic E-state index is 13.2. The van der Waals surface area contributed by atoms with Gasteiger partial charge in [-0.05, 0) is 37.7 Å². The number of aromatic nitrogens is 2. The van der Waals surface area contributed by atoms with Crippen molar-refractivity contribution in [1.82, 2.24) is 15.0 Å². The summed E-state index contributed by atoms with van der Waals surface area (Å²) in [6.07, 6.45) is 4.20. The Hall–Kier alpha value is -1.66. The van der Waals surface area contributed by atoms with Crippen molar-refractivity contribution in [3.63, 3.8) is 0 Å². The van der Waals surface area contributed by atoms with Gasteiger partial charge in [-0.3, -0.25) is 4.79 Å². The molecule has 1 saturated heterocycles. The monoisotopic (exact) mass is 364 g/mol. The van der Waals surface area contributed by atoms with E-state index >= 15 is 0 Å². The number of nitrogens with two attached hydrogens (primary N) is 1. The van der Waals surface area contributed by atoms with Crippen molar-refractivity contribution in [3.8, 4) is 0 Å². The Kier molecular flexibility index (Phi) is 5.02. The molecule has 0 aromatic carbocycles. The van der Waals surface area contributed by atoms with Crippen molar-refractivity contribution < 1.29 is 9.32 Å². The first-order valence-corrected chi connectivity index (χ1v) is 8.89. The fraction of sp³-hybridized carbons (Fsp3) is 0.611. The fourth-order valence-corrected chi connectivity index (χ4v) is 3.51. The molecule has 136 valence electrons. The lowest BCUT2D eigenvalue weighted by Crippen LogP contribution is -2.45. The number of carbonyl (C=O) groups excluding carboxylic acids is 1. The molecule has 2 aromatic heterocycles. The highest BCUT2D eigenvalue weighted by Gasteiger charge is 2.31. The number of likely N-dealkylation sites (tertiary alicyclic amines) is 1. The van der Waals surface area contributed by atoms with E-state index in [1.54, 1.807) is 0 Å². The highest BCUT2D eigenvalue weighted by Crippen LogP contribution is 2.41. The topological polar surface area (TPSA) is 85.2 Å². The van der Waals surface area contributed by atoms with Crippen LogP contribution in [-0.2, 0) is 0 Å². The van der Waals surface area contributed by atoms with Crippen LogP contribution >= 0.6 is 12.4 Å². The van der Waals surface area contributed by atoms with Gasteiger partial charge >= 0.3 is 0 Å². The summed E-state index contributed by atoms with van der Waals surface area (Å²) in [6, 6.07) is 2.03. The van der Waals surface area contributed by atoms with Crippen LogP contribution in [0.1, 0.15) is 73.1 Å². The van der Waals surface area contributed by atoms with Crippen LogP contribution < -0.4 is 5.73 Å². The maximum atomic E-state index is 13.2. The third kappa shape index (κ3) is 3.37. The lowest BCUT2D eigenvalue weighted by Gasteiger charge is -2.31. The number of fused-ring (bicyclic) bond motifs is 1. The standard InChI is InChI=1S/C18H24N4O2.ClH/c1-10(2)16-15-13(18(23)22-7-3-4-12(19)9-22)8-14(11-5-6-11)20-17(15)24-21-16;/h8,10-12H,3-7,9,19H2,1-2H3;1H. The van der Waals surface area contributed by atoms with E-state index in [9.17, 15) is 4.79 Å². The molecule has 7 heteroatoms. The molecule has 2 aliphatic rings. The van der Waals surface area contributed by atoms with Gasteiger partial charge in [-0.1, -0.05) is 19.0 Å². The molecule has 3 heterocycles. The quantitative estimate of drug-likeness (QED) is 0.903. The average Bonchev–Trinajstić information content (AvgIpc) is 3.32. The van der Waals surface area contributed by atoms with Crippen molar-refractivity contribution in [2.75, 3.05) is 13.1 Å². The van der Waals surface area contributed by atoms with Gasteiger partial charge in [0.25, 0.3) is 11.6 Å². The van der Waals surface area contributed by atoms with Gasteiger partial charge in [-0.15, -0.1) is 12.4 Å². The molecule has 1 atom stereocenters. The zero-order valence-electron chi connectivity index (χ0n) is 14.7. The minimum Gasteiger partial charge on any atom is -0.337 e. The molecular weight excluding hydrogens is 340 g/mol. The maximum Gasteiger partial charge on any atom is 0.259 e. The van der Waals surface area contributed by atoms with Gasteiger partial charge in [0, 0.05) is 30.7 Å². The molecule has 1 unspecified atom stereocenters. The van der Waals surface area contributed by atoms with E-state index in [2.05, 4.69) is 24.0 Å². The second-order valence-corrected chi connectivity index (χ2v) is 7.43. The number of rotatable bonds is 3. The predicted octanol–water partition coefficient (Wildman–Crippen LogP) is 3.21. The van der Waals surface area contributed by atoms with Crippen molar-refractivity contribution in [2.24, 2.45) is 5.73 Å². The SMILES string of the molecule is CC(C)c1noc2nc(C3CC3)cc(C(=O)N3CCCC(N)C3)c12.Cl. The molecule has 2 N–H and O–H groups in total. The summed E-state index contributed by atoms with van der Waals surface area (Å²) >= 11 is 0. The Bertz CT molecular complexity index is 785. The summed E-state index contributed by atoms with van der Waals surface area (Å²) in [5, 5.41) is 4.96. The van der Waals surface area contributed by atoms with Crippen molar-refractivity contribution in [3.05, 3.63) is 23.0 Å². The lowest BCUT2D eigenvalue weighted by atomic mass is 9.99. The third-order valence-electron chi connectivity index (χ3n) is 5.01. The molecule has 0 bridgehead atoms. The molecule has 2 fully saturated rings. The minimum atomic E-state index is 0. The van der Waals surface area contributed by atoms with Gasteiger partial charge in [0.2, 0.25) is 0 Å². The van der Waals surface area contributed by atoms with E-state index in [0.717, 1.165) is 49.0 Å². The van der Waals surface area contributed by atoms with Crippen LogP contribution in [0.4, 0.5) is 0 Å². The Morgan fingerprint density at radius 1 is 1.36 bits per heavy atom. The molecule has 1 aliphatic heterocycles. The minimum absolute atomic E-state index is 0. The van der Waals surface area contributed by atoms with Gasteiger partial charge in [0.15, 0.2) is 0 Å². The van der Waals surface area contributed by atoms with E-state index in [-0.39, 0.29) is 30.3 Å². The van der Waals surface area contributed by atoms with Crippen LogP contribution in [0.2, 0.25) is 0 Å². The zero-order valence-corrected chi connectivity index (χ0v) is 15.5. The summed E-state index contributed by atoms with van der Waals surface area (Å²) in [4.78, 5) is 19.7. The van der Waals surface area contributed by atoms with E-state index in [4.69, 9.17) is 10.3 Å². The summed E-state index contributed by atoms with van der Waals surface area (Å²) < 4.78 is 5.47. The largest absolute Gasteiger partial charge is 0.337 e. The van der Waals surface area contributed by atoms with Gasteiger partial charge in [-0.25, -0.2) is 4.98 Å². The van der Waals surface area contributed by atoms with Crippen molar-refractivity contribution >= 4 is 29.4 Å². The first-order valence-electron chi connectivity index (χ1n) is 8.89. The number of hydrogen-bond donors (Lipinski definition) is 1. The predicted molar refractivity (Wildman–Crippen MR) is 98.2 cm³/mol. The molecular formula is C18H25ClN4O2. The van der Waals surface area contributed by atoms with Crippen molar-refractivity contribution in [2.45, 2.75) is 57.4 Å². The van der Waals surface area contributed by atoms with Gasteiger partial charge in [0.05, 0.1) is 16.6 Å². The van der Waals surface area contributed by atoms with E-state index in [1.165, 1.54) is 0 Å². The first kappa shape index (κ1) is 18.1. The fourth-order valence-electron chi connectivity index (χ4n) is 3.51. The van der Waals surface area contributed by atoms with Gasteiger partial charge in [0.1, 0.15) is 0 Å². The van der Waals surface area contributed by atoms with E-state index in [0.29, 0.717) is 23.7 Å². The average molecular weight is 365 g/mol. The lowest BCUT2D eigenvalue weighted by molar-refractivity contribution is 0.0710. The Morgan fingerprint density at radius 3 is 2.76 bits per heavy atom. The molecule has 6 nitrogen and oxygen atoms in total. The number of pyridine rings is 1. The van der Waals surface area contributed by atoms with E-state index < -0.39 is 0 Å². The summed E-state index contributed by atoms with van der Waals surface area (Å²) in [5.74, 6) is 0.664. The molecule has 1 amide bonds. The second-order valence-electron chi connectivity index (χ2n) is 7.43. The molecule has 2 aromatic rings. The number of nitrogens with zero attached hydrogens (tertiary/aromatic N) is 3. The molecule has 1 aliphatic carbocycles. The normalized spacial score (nSPS) is 20.8. The van der Waals surface area contributed by atoms with Gasteiger partial charge < -0.3 is 15.2 Å². The Labute approximate surface area is 153 Å². The Balaban J connectivity index is 0.00000182. The highest BCUT2D eigenvalue weighted by molar-refractivity contribution is 6.06. The first-order chi connectivity index (χ1) is 11.5. The number of halogens is 1. The van der Waals surface area contributed by atoms with Crippen LogP contribution in [0.25, 0.3) is 11.1 Å². The van der Waals surface area contributed by atoms with Crippen LogP contribution in [0.15, 0.2) is 10.6 Å². The number of hydrogen-bond acceptors (Lipinski definition) is 5. The number of carbonyl (C=O) groups is 1. The van der Waals surface area contributed by atoms with Crippen LogP contribution in [0, 0.1) is 0 Å². The smallest absolute Gasteiger partial charge is 0.259 e. The Morgan fingerprint density at radius 2 is 2.12 bits per heavy atom.